The molecule has 124 valence electrons. The Balaban J connectivity index is 0.00000242. The summed E-state index contributed by atoms with van der Waals surface area (Å²) in [5.41, 5.74) is 0.747. The number of rotatable bonds is 5. The highest BCUT2D eigenvalue weighted by atomic mass is 35.5. The second-order valence-corrected chi connectivity index (χ2v) is 5.57. The fraction of sp³-hybridized carbons (Fsp3) is 0.562. The van der Waals surface area contributed by atoms with Gasteiger partial charge in [-0.1, -0.05) is 12.1 Å². The van der Waals surface area contributed by atoms with Gasteiger partial charge in [0.2, 0.25) is 5.91 Å². The van der Waals surface area contributed by atoms with Crippen molar-refractivity contribution in [1.82, 2.24) is 10.2 Å². The minimum absolute atomic E-state index is 0. The number of nitrogens with one attached hydrogen (secondary N) is 1. The molecule has 1 amide bonds. The molecular weight excluding hydrogens is 307 g/mol. The van der Waals surface area contributed by atoms with Gasteiger partial charge in [0, 0.05) is 26.1 Å². The molecule has 1 saturated heterocycles. The lowest BCUT2D eigenvalue weighted by molar-refractivity contribution is -0.133. The molecule has 0 radical (unpaired) electrons. The number of carbonyl (C=O) groups is 1. The molecule has 1 aliphatic heterocycles. The third-order valence-electron chi connectivity index (χ3n) is 4.14. The molecule has 2 rings (SSSR count). The number of likely N-dealkylation sites (tertiary alicyclic amines) is 1. The van der Waals surface area contributed by atoms with Crippen LogP contribution in [0.2, 0.25) is 0 Å². The largest absolute Gasteiger partial charge is 0.388 e. The van der Waals surface area contributed by atoms with Gasteiger partial charge in [-0.15, -0.1) is 12.4 Å². The summed E-state index contributed by atoms with van der Waals surface area (Å²) in [6, 6.07) is 6.00. The number of nitrogens with zero attached hydrogens (tertiary/aromatic N) is 1. The molecule has 4 nitrogen and oxygen atoms in total. The molecule has 0 saturated carbocycles. The summed E-state index contributed by atoms with van der Waals surface area (Å²) in [4.78, 5) is 13.8. The first-order valence-electron chi connectivity index (χ1n) is 7.47. The van der Waals surface area contributed by atoms with Gasteiger partial charge in [-0.25, -0.2) is 4.39 Å². The van der Waals surface area contributed by atoms with Crippen molar-refractivity contribution >= 4 is 18.3 Å². The molecule has 0 spiro atoms. The maximum atomic E-state index is 12.9. The Bertz CT molecular complexity index is 462. The first kappa shape index (κ1) is 18.9. The van der Waals surface area contributed by atoms with Gasteiger partial charge in [0.15, 0.2) is 0 Å². The van der Waals surface area contributed by atoms with E-state index in [1.54, 1.807) is 12.1 Å². The zero-order valence-electron chi connectivity index (χ0n) is 12.8. The predicted octanol–water partition coefficient (Wildman–Crippen LogP) is 2.13. The number of hydrogen-bond donors (Lipinski definition) is 2. The maximum absolute atomic E-state index is 12.9. The lowest BCUT2D eigenvalue weighted by Crippen LogP contribution is -2.40. The summed E-state index contributed by atoms with van der Waals surface area (Å²) in [6.45, 7) is 2.06. The zero-order chi connectivity index (χ0) is 15.2. The number of aliphatic hydroxyl groups is 1. The average Bonchev–Trinajstić information content (AvgIpc) is 2.53. The van der Waals surface area contributed by atoms with Gasteiger partial charge in [-0.05, 0) is 43.5 Å². The van der Waals surface area contributed by atoms with Crippen LogP contribution in [0.3, 0.4) is 0 Å². The molecule has 1 aliphatic rings. The molecule has 1 unspecified atom stereocenters. The molecule has 1 heterocycles. The van der Waals surface area contributed by atoms with Crippen LogP contribution < -0.4 is 5.32 Å². The number of piperidine rings is 1. The van der Waals surface area contributed by atoms with E-state index in [2.05, 4.69) is 5.32 Å². The van der Waals surface area contributed by atoms with Crippen LogP contribution in [0.15, 0.2) is 24.3 Å². The highest BCUT2D eigenvalue weighted by molar-refractivity contribution is 5.85. The van der Waals surface area contributed by atoms with Gasteiger partial charge >= 0.3 is 0 Å². The van der Waals surface area contributed by atoms with E-state index in [-0.39, 0.29) is 30.0 Å². The van der Waals surface area contributed by atoms with Crippen molar-refractivity contribution in [2.45, 2.75) is 25.4 Å². The lowest BCUT2D eigenvalue weighted by atomic mass is 9.87. The van der Waals surface area contributed by atoms with E-state index in [4.69, 9.17) is 0 Å². The van der Waals surface area contributed by atoms with E-state index < -0.39 is 6.10 Å². The Morgan fingerprint density at radius 1 is 1.36 bits per heavy atom. The molecule has 1 aromatic rings. The Hall–Kier alpha value is -1.17. The van der Waals surface area contributed by atoms with E-state index in [9.17, 15) is 14.3 Å². The van der Waals surface area contributed by atoms with Crippen LogP contribution in [-0.4, -0.2) is 42.6 Å². The second-order valence-electron chi connectivity index (χ2n) is 5.57. The molecular formula is C16H24ClFN2O2. The first-order chi connectivity index (χ1) is 10.1. The summed E-state index contributed by atoms with van der Waals surface area (Å²) in [7, 11) is 1.83. The molecule has 2 N–H and O–H groups in total. The van der Waals surface area contributed by atoms with Crippen LogP contribution >= 0.6 is 12.4 Å². The molecule has 1 fully saturated rings. The minimum Gasteiger partial charge on any atom is -0.388 e. The predicted molar refractivity (Wildman–Crippen MR) is 86.5 cm³/mol. The van der Waals surface area contributed by atoms with E-state index in [1.807, 2.05) is 11.9 Å². The van der Waals surface area contributed by atoms with Crippen LogP contribution in [0.5, 0.6) is 0 Å². The van der Waals surface area contributed by atoms with Crippen LogP contribution in [0, 0.1) is 11.7 Å². The van der Waals surface area contributed by atoms with Crippen molar-refractivity contribution in [3.05, 3.63) is 35.6 Å². The van der Waals surface area contributed by atoms with Crippen molar-refractivity contribution in [3.8, 4) is 0 Å². The number of aliphatic hydroxyl groups excluding tert-OH is 1. The number of hydrogen-bond acceptors (Lipinski definition) is 3. The highest BCUT2D eigenvalue weighted by Crippen LogP contribution is 2.30. The highest BCUT2D eigenvalue weighted by Gasteiger charge is 2.27. The third kappa shape index (κ3) is 4.93. The molecule has 1 atom stereocenters. The lowest BCUT2D eigenvalue weighted by Gasteiger charge is -2.34. The van der Waals surface area contributed by atoms with Crippen LogP contribution in [-0.2, 0) is 4.79 Å². The molecule has 1 aromatic carbocycles. The van der Waals surface area contributed by atoms with Gasteiger partial charge in [-0.3, -0.25) is 4.79 Å². The summed E-state index contributed by atoms with van der Waals surface area (Å²) >= 11 is 0. The number of halogens is 2. The molecule has 0 aliphatic carbocycles. The smallest absolute Gasteiger partial charge is 0.223 e. The van der Waals surface area contributed by atoms with Crippen molar-refractivity contribution in [2.24, 2.45) is 5.92 Å². The molecule has 0 aromatic heterocycles. The Morgan fingerprint density at radius 2 is 1.95 bits per heavy atom. The fourth-order valence-electron chi connectivity index (χ4n) is 2.79. The standard InChI is InChI=1S/C16H23FN2O2.ClH/c1-18-9-6-15(20)19-10-7-13(8-11-19)16(21)12-2-4-14(17)5-3-12;/h2-5,13,16,18,21H,6-11H2,1H3;1H. The van der Waals surface area contributed by atoms with Gasteiger partial charge in [0.1, 0.15) is 5.82 Å². The maximum Gasteiger partial charge on any atom is 0.223 e. The Morgan fingerprint density at radius 3 is 2.50 bits per heavy atom. The van der Waals surface area contributed by atoms with Crippen molar-refractivity contribution in [3.63, 3.8) is 0 Å². The van der Waals surface area contributed by atoms with E-state index in [1.165, 1.54) is 12.1 Å². The second kappa shape index (κ2) is 9.08. The molecule has 22 heavy (non-hydrogen) atoms. The SMILES string of the molecule is CNCCC(=O)N1CCC(C(O)c2ccc(F)cc2)CC1.Cl. The Labute approximate surface area is 137 Å². The minimum atomic E-state index is -0.583. The van der Waals surface area contributed by atoms with Gasteiger partial charge in [0.05, 0.1) is 6.10 Å². The van der Waals surface area contributed by atoms with Crippen LogP contribution in [0.4, 0.5) is 4.39 Å². The normalized spacial score (nSPS) is 17.0. The van der Waals surface area contributed by atoms with E-state index in [0.717, 1.165) is 18.4 Å². The van der Waals surface area contributed by atoms with Crippen LogP contribution in [0.25, 0.3) is 0 Å². The molecule has 0 bridgehead atoms. The van der Waals surface area contributed by atoms with E-state index in [0.29, 0.717) is 26.1 Å². The van der Waals surface area contributed by atoms with Crippen molar-refractivity contribution in [1.29, 1.82) is 0 Å². The molecule has 6 heteroatoms. The zero-order valence-corrected chi connectivity index (χ0v) is 13.6. The topological polar surface area (TPSA) is 52.6 Å². The fourth-order valence-corrected chi connectivity index (χ4v) is 2.79. The first-order valence-corrected chi connectivity index (χ1v) is 7.47. The van der Waals surface area contributed by atoms with Crippen molar-refractivity contribution in [2.75, 3.05) is 26.7 Å². The Kier molecular flexibility index (Phi) is 7.79. The van der Waals surface area contributed by atoms with Crippen LogP contribution in [0.1, 0.15) is 30.9 Å². The van der Waals surface area contributed by atoms with Gasteiger partial charge in [-0.2, -0.15) is 0 Å². The third-order valence-corrected chi connectivity index (χ3v) is 4.14. The number of carbonyl (C=O) groups excluding carboxylic acids is 1. The number of amides is 1. The summed E-state index contributed by atoms with van der Waals surface area (Å²) in [6.07, 6.45) is 1.50. The number of benzene rings is 1. The van der Waals surface area contributed by atoms with Gasteiger partial charge in [0.25, 0.3) is 0 Å². The average molecular weight is 331 g/mol. The van der Waals surface area contributed by atoms with Crippen molar-refractivity contribution < 1.29 is 14.3 Å². The summed E-state index contributed by atoms with van der Waals surface area (Å²) in [5, 5.41) is 13.3. The van der Waals surface area contributed by atoms with E-state index >= 15 is 0 Å². The quantitative estimate of drug-likeness (QED) is 0.869. The van der Waals surface area contributed by atoms with Gasteiger partial charge < -0.3 is 15.3 Å². The summed E-state index contributed by atoms with van der Waals surface area (Å²) in [5.74, 6) is -0.00113. The monoisotopic (exact) mass is 330 g/mol. The summed E-state index contributed by atoms with van der Waals surface area (Å²) < 4.78 is 12.9.